The highest BCUT2D eigenvalue weighted by Crippen LogP contribution is 2.04. The van der Waals surface area contributed by atoms with Gasteiger partial charge in [0.25, 0.3) is 0 Å². The molecule has 13 heavy (non-hydrogen) atoms. The number of rotatable bonds is 6. The van der Waals surface area contributed by atoms with E-state index in [1.54, 1.807) is 6.92 Å². The highest BCUT2D eigenvalue weighted by atomic mass is 32.2. The van der Waals surface area contributed by atoms with Crippen molar-refractivity contribution < 1.29 is 8.42 Å². The molecule has 0 N–H and O–H groups in total. The van der Waals surface area contributed by atoms with Gasteiger partial charge in [0.15, 0.2) is 0 Å². The van der Waals surface area contributed by atoms with E-state index in [0.29, 0.717) is 13.0 Å². The highest BCUT2D eigenvalue weighted by Gasteiger charge is 2.15. The number of sulfonamides is 1. The van der Waals surface area contributed by atoms with Gasteiger partial charge >= 0.3 is 0 Å². The van der Waals surface area contributed by atoms with E-state index in [0.717, 1.165) is 17.1 Å². The van der Waals surface area contributed by atoms with Gasteiger partial charge in [-0.2, -0.15) is 0 Å². The summed E-state index contributed by atoms with van der Waals surface area (Å²) in [5, 5.41) is 0. The number of nitrogens with zero attached hydrogens (tertiary/aromatic N) is 1. The minimum Gasteiger partial charge on any atom is -0.229 e. The summed E-state index contributed by atoms with van der Waals surface area (Å²) in [5.74, 6) is 0.166. The van der Waals surface area contributed by atoms with Crippen molar-refractivity contribution in [1.82, 2.24) is 4.31 Å². The van der Waals surface area contributed by atoms with Crippen molar-refractivity contribution in [3.63, 3.8) is 0 Å². The lowest BCUT2D eigenvalue weighted by Gasteiger charge is -2.14. The van der Waals surface area contributed by atoms with Crippen molar-refractivity contribution in [2.45, 2.75) is 33.1 Å². The number of unbranched alkanes of at least 4 members (excludes halogenated alkanes) is 2. The quantitative estimate of drug-likeness (QED) is 0.372. The number of hydrogen-bond acceptors (Lipinski definition) is 2. The summed E-state index contributed by atoms with van der Waals surface area (Å²) in [5.41, 5.74) is 0. The van der Waals surface area contributed by atoms with Crippen LogP contribution >= 0.6 is 0 Å². The van der Waals surface area contributed by atoms with E-state index in [-0.39, 0.29) is 5.75 Å². The Morgan fingerprint density at radius 1 is 1.31 bits per heavy atom. The number of terminal acetylenes is 1. The lowest BCUT2D eigenvalue weighted by Crippen LogP contribution is -2.28. The Morgan fingerprint density at radius 2 is 1.92 bits per heavy atom. The lowest BCUT2D eigenvalue weighted by atomic mass is 10.3. The highest BCUT2D eigenvalue weighted by molar-refractivity contribution is 7.89. The largest absolute Gasteiger partial charge is 0.241 e. The molecule has 3 nitrogen and oxygen atoms in total. The Hall–Kier alpha value is -0.690. The fraction of sp³-hybridized carbons (Fsp3) is 0.778. The zero-order valence-electron chi connectivity index (χ0n) is 8.28. The fourth-order valence-corrected chi connectivity index (χ4v) is 2.36. The van der Waals surface area contributed by atoms with E-state index in [4.69, 9.17) is 6.42 Å². The summed E-state index contributed by atoms with van der Waals surface area (Å²) in [6, 6.07) is 2.16. The molecule has 0 bridgehead atoms. The topological polar surface area (TPSA) is 37.4 Å². The molecule has 0 amide bonds. The molecule has 0 aromatic heterocycles. The zero-order chi connectivity index (χ0) is 10.3. The van der Waals surface area contributed by atoms with Gasteiger partial charge in [0, 0.05) is 12.6 Å². The van der Waals surface area contributed by atoms with Crippen LogP contribution in [0.3, 0.4) is 0 Å². The van der Waals surface area contributed by atoms with Crippen molar-refractivity contribution in [3.05, 3.63) is 0 Å². The molecule has 0 aliphatic carbocycles. The van der Waals surface area contributed by atoms with Crippen LogP contribution in [0, 0.1) is 12.5 Å². The van der Waals surface area contributed by atoms with Crippen LogP contribution in [0.2, 0.25) is 0 Å². The second-order valence-electron chi connectivity index (χ2n) is 2.82. The predicted octanol–water partition coefficient (Wildman–Crippen LogP) is 1.42. The fourth-order valence-electron chi connectivity index (χ4n) is 1.01. The van der Waals surface area contributed by atoms with Crippen LogP contribution < -0.4 is 0 Å². The van der Waals surface area contributed by atoms with Gasteiger partial charge < -0.3 is 0 Å². The van der Waals surface area contributed by atoms with Gasteiger partial charge in [0.2, 0.25) is 10.0 Å². The van der Waals surface area contributed by atoms with E-state index < -0.39 is 10.0 Å². The van der Waals surface area contributed by atoms with Gasteiger partial charge in [-0.25, -0.2) is 12.7 Å². The molecule has 0 saturated heterocycles. The van der Waals surface area contributed by atoms with Crippen molar-refractivity contribution >= 4 is 10.0 Å². The summed E-state index contributed by atoms with van der Waals surface area (Å²) < 4.78 is 24.0. The zero-order valence-corrected chi connectivity index (χ0v) is 9.10. The van der Waals surface area contributed by atoms with Crippen molar-refractivity contribution in [2.75, 3.05) is 12.3 Å². The monoisotopic (exact) mass is 203 g/mol. The molecule has 0 atom stereocenters. The second-order valence-corrected chi connectivity index (χ2v) is 4.83. The first kappa shape index (κ1) is 12.3. The van der Waals surface area contributed by atoms with Gasteiger partial charge in [-0.1, -0.05) is 26.2 Å². The maximum atomic E-state index is 11.5. The van der Waals surface area contributed by atoms with Crippen LogP contribution in [0.1, 0.15) is 33.1 Å². The first-order chi connectivity index (χ1) is 6.08. The van der Waals surface area contributed by atoms with Gasteiger partial charge in [-0.05, 0) is 13.3 Å². The minimum absolute atomic E-state index is 0.166. The van der Waals surface area contributed by atoms with Crippen LogP contribution in [0.15, 0.2) is 0 Å². The molecule has 0 rings (SSSR count). The van der Waals surface area contributed by atoms with E-state index in [1.165, 1.54) is 0 Å². The SMILES string of the molecule is C#CN(CC)S(=O)(=O)CCCCC. The standard InChI is InChI=1S/C9H17NO2S/c1-4-7-8-9-13(11,12)10(5-2)6-3/h2H,4,6-9H2,1,3H3. The Kier molecular flexibility index (Phi) is 5.56. The molecule has 0 heterocycles. The average molecular weight is 203 g/mol. The lowest BCUT2D eigenvalue weighted by molar-refractivity contribution is 0.520. The molecular weight excluding hydrogens is 186 g/mol. The van der Waals surface area contributed by atoms with Crippen molar-refractivity contribution in [1.29, 1.82) is 0 Å². The van der Waals surface area contributed by atoms with Crippen LogP contribution in [0.5, 0.6) is 0 Å². The van der Waals surface area contributed by atoms with Crippen LogP contribution in [-0.2, 0) is 10.0 Å². The minimum atomic E-state index is -3.20. The summed E-state index contributed by atoms with van der Waals surface area (Å²) in [4.78, 5) is 0. The molecule has 0 fully saturated rings. The molecular formula is C9H17NO2S. The van der Waals surface area contributed by atoms with Crippen LogP contribution in [0.4, 0.5) is 0 Å². The van der Waals surface area contributed by atoms with E-state index in [9.17, 15) is 8.42 Å². The van der Waals surface area contributed by atoms with E-state index >= 15 is 0 Å². The molecule has 0 aliphatic heterocycles. The Bertz CT molecular complexity index is 264. The molecule has 76 valence electrons. The second kappa shape index (κ2) is 5.87. The van der Waals surface area contributed by atoms with E-state index in [2.05, 4.69) is 6.04 Å². The van der Waals surface area contributed by atoms with Crippen LogP contribution in [0.25, 0.3) is 0 Å². The molecule has 0 saturated carbocycles. The first-order valence-electron chi connectivity index (χ1n) is 4.55. The average Bonchev–Trinajstić information content (AvgIpc) is 2.06. The van der Waals surface area contributed by atoms with E-state index in [1.807, 2.05) is 6.92 Å². The summed E-state index contributed by atoms with van der Waals surface area (Å²) in [6.45, 7) is 4.12. The third kappa shape index (κ3) is 4.18. The van der Waals surface area contributed by atoms with Crippen molar-refractivity contribution in [3.8, 4) is 12.5 Å². The molecule has 0 aromatic rings. The maximum Gasteiger partial charge on any atom is 0.241 e. The molecule has 0 unspecified atom stereocenters. The van der Waals surface area contributed by atoms with Gasteiger partial charge in [-0.3, -0.25) is 0 Å². The summed E-state index contributed by atoms with van der Waals surface area (Å²) in [7, 11) is -3.20. The smallest absolute Gasteiger partial charge is 0.229 e. The molecule has 0 aromatic carbocycles. The van der Waals surface area contributed by atoms with Gasteiger partial charge in [0.05, 0.1) is 5.75 Å². The Morgan fingerprint density at radius 3 is 2.31 bits per heavy atom. The third-order valence-corrected chi connectivity index (χ3v) is 3.61. The number of hydrogen-bond donors (Lipinski definition) is 0. The predicted molar refractivity (Wildman–Crippen MR) is 54.5 cm³/mol. The summed E-state index contributed by atoms with van der Waals surface area (Å²) >= 11 is 0. The van der Waals surface area contributed by atoms with Gasteiger partial charge in [-0.15, -0.1) is 0 Å². The molecule has 0 spiro atoms. The maximum absolute atomic E-state index is 11.5. The van der Waals surface area contributed by atoms with Gasteiger partial charge in [0.1, 0.15) is 0 Å². The molecule has 4 heteroatoms. The normalized spacial score (nSPS) is 10.8. The van der Waals surface area contributed by atoms with Crippen molar-refractivity contribution in [2.24, 2.45) is 0 Å². The Balaban J connectivity index is 4.16. The molecule has 0 radical (unpaired) electrons. The summed E-state index contributed by atoms with van der Waals surface area (Å²) in [6.07, 6.45) is 7.71. The van der Waals surface area contributed by atoms with Crippen LogP contribution in [-0.4, -0.2) is 25.0 Å². The first-order valence-corrected chi connectivity index (χ1v) is 6.16. The third-order valence-electron chi connectivity index (χ3n) is 1.77. The Labute approximate surface area is 81.2 Å². The molecule has 0 aliphatic rings.